The van der Waals surface area contributed by atoms with E-state index in [4.69, 9.17) is 4.74 Å². The number of aliphatic carboxylic acids is 1. The Labute approximate surface area is 107 Å². The summed E-state index contributed by atoms with van der Waals surface area (Å²) in [5, 5.41) is 9.42. The van der Waals surface area contributed by atoms with E-state index in [1.54, 1.807) is 4.90 Å². The summed E-state index contributed by atoms with van der Waals surface area (Å²) in [4.78, 5) is 25.1. The predicted molar refractivity (Wildman–Crippen MR) is 65.1 cm³/mol. The van der Waals surface area contributed by atoms with Gasteiger partial charge in [0.25, 0.3) is 0 Å². The molecule has 0 spiro atoms. The van der Waals surface area contributed by atoms with Gasteiger partial charge in [-0.2, -0.15) is 0 Å². The Morgan fingerprint density at radius 1 is 1.50 bits per heavy atom. The first-order chi connectivity index (χ1) is 8.45. The lowest BCUT2D eigenvalue weighted by molar-refractivity contribution is -0.150. The molecule has 0 aromatic rings. The zero-order valence-electron chi connectivity index (χ0n) is 11.0. The number of rotatable bonds is 4. The van der Waals surface area contributed by atoms with Gasteiger partial charge in [-0.3, -0.25) is 9.59 Å². The molecule has 1 amide bonds. The highest BCUT2D eigenvalue weighted by Gasteiger charge is 2.55. The van der Waals surface area contributed by atoms with E-state index in [0.29, 0.717) is 19.5 Å². The van der Waals surface area contributed by atoms with E-state index < -0.39 is 11.4 Å². The summed E-state index contributed by atoms with van der Waals surface area (Å²) < 4.78 is 5.29. The Balaban J connectivity index is 1.99. The van der Waals surface area contributed by atoms with Gasteiger partial charge in [0, 0.05) is 13.1 Å². The summed E-state index contributed by atoms with van der Waals surface area (Å²) in [5.74, 6) is -0.707. The second-order valence-electron chi connectivity index (χ2n) is 5.68. The molecular weight excluding hydrogens is 234 g/mol. The molecule has 1 aliphatic heterocycles. The minimum absolute atomic E-state index is 0.0180. The number of fused-ring (bicyclic) bond motifs is 1. The highest BCUT2D eigenvalue weighted by atomic mass is 16.5. The maximum Gasteiger partial charge on any atom is 0.311 e. The van der Waals surface area contributed by atoms with E-state index in [-0.39, 0.29) is 24.5 Å². The van der Waals surface area contributed by atoms with E-state index >= 15 is 0 Å². The maximum absolute atomic E-state index is 12.0. The molecule has 1 aliphatic carbocycles. The lowest BCUT2D eigenvalue weighted by Crippen LogP contribution is -2.38. The summed E-state index contributed by atoms with van der Waals surface area (Å²) in [6.07, 6.45) is 2.59. The van der Waals surface area contributed by atoms with Crippen molar-refractivity contribution in [2.24, 2.45) is 11.3 Å². The summed E-state index contributed by atoms with van der Waals surface area (Å²) in [6.45, 7) is 4.75. The number of hydrogen-bond donors (Lipinski definition) is 1. The summed E-state index contributed by atoms with van der Waals surface area (Å²) >= 11 is 0. The van der Waals surface area contributed by atoms with Crippen molar-refractivity contribution in [3.63, 3.8) is 0 Å². The molecule has 0 radical (unpaired) electrons. The zero-order chi connectivity index (χ0) is 13.3. The molecule has 2 aliphatic rings. The van der Waals surface area contributed by atoms with Crippen LogP contribution in [0.1, 0.15) is 33.1 Å². The van der Waals surface area contributed by atoms with Gasteiger partial charge in [0.05, 0.1) is 11.5 Å². The fraction of sp³-hybridized carbons (Fsp3) is 0.846. The van der Waals surface area contributed by atoms with Crippen LogP contribution >= 0.6 is 0 Å². The van der Waals surface area contributed by atoms with E-state index in [9.17, 15) is 14.7 Å². The minimum Gasteiger partial charge on any atom is -0.481 e. The molecule has 0 unspecified atom stereocenters. The molecule has 1 saturated heterocycles. The molecule has 102 valence electrons. The lowest BCUT2D eigenvalue weighted by atomic mass is 9.81. The van der Waals surface area contributed by atoms with Crippen molar-refractivity contribution in [3.8, 4) is 0 Å². The van der Waals surface area contributed by atoms with Crippen molar-refractivity contribution in [1.82, 2.24) is 4.90 Å². The van der Waals surface area contributed by atoms with Crippen LogP contribution in [0.3, 0.4) is 0 Å². The zero-order valence-corrected chi connectivity index (χ0v) is 11.0. The average Bonchev–Trinajstić information content (AvgIpc) is 2.82. The van der Waals surface area contributed by atoms with Crippen LogP contribution in [0.4, 0.5) is 0 Å². The van der Waals surface area contributed by atoms with Gasteiger partial charge in [0.15, 0.2) is 0 Å². The molecule has 5 nitrogen and oxygen atoms in total. The number of ether oxygens (including phenoxy) is 1. The molecule has 2 atom stereocenters. The molecule has 1 N–H and O–H groups in total. The topological polar surface area (TPSA) is 66.8 Å². The maximum atomic E-state index is 12.0. The molecule has 18 heavy (non-hydrogen) atoms. The third-order valence-corrected chi connectivity index (χ3v) is 4.19. The molecule has 1 heterocycles. The van der Waals surface area contributed by atoms with Gasteiger partial charge in [-0.15, -0.1) is 0 Å². The Hall–Kier alpha value is -1.10. The highest BCUT2D eigenvalue weighted by molar-refractivity contribution is 5.82. The third-order valence-electron chi connectivity index (χ3n) is 4.19. The first kappa shape index (κ1) is 13.3. The number of amides is 1. The second-order valence-corrected chi connectivity index (χ2v) is 5.68. The van der Waals surface area contributed by atoms with Crippen molar-refractivity contribution in [2.45, 2.75) is 39.2 Å². The van der Waals surface area contributed by atoms with Gasteiger partial charge in [0.2, 0.25) is 5.91 Å². The lowest BCUT2D eigenvalue weighted by Gasteiger charge is -2.23. The van der Waals surface area contributed by atoms with Crippen molar-refractivity contribution >= 4 is 11.9 Å². The second kappa shape index (κ2) is 4.88. The fourth-order valence-electron chi connectivity index (χ4n) is 3.16. The quantitative estimate of drug-likeness (QED) is 0.817. The number of hydrogen-bond acceptors (Lipinski definition) is 3. The van der Waals surface area contributed by atoms with Crippen molar-refractivity contribution in [1.29, 1.82) is 0 Å². The molecule has 1 saturated carbocycles. The van der Waals surface area contributed by atoms with E-state index in [1.165, 1.54) is 0 Å². The Morgan fingerprint density at radius 2 is 2.22 bits per heavy atom. The van der Waals surface area contributed by atoms with Gasteiger partial charge in [-0.1, -0.05) is 6.42 Å². The van der Waals surface area contributed by atoms with Crippen molar-refractivity contribution < 1.29 is 19.4 Å². The SMILES string of the molecule is CC(C)OCC(=O)N1C[C@@H]2CCC[C@@]2(C(=O)O)C1. The van der Waals surface area contributed by atoms with E-state index in [2.05, 4.69) is 0 Å². The number of carboxylic acids is 1. The van der Waals surface area contributed by atoms with Crippen LogP contribution in [0.25, 0.3) is 0 Å². The molecule has 0 bridgehead atoms. The van der Waals surface area contributed by atoms with Gasteiger partial charge in [-0.25, -0.2) is 0 Å². The van der Waals surface area contributed by atoms with Crippen LogP contribution in [0.5, 0.6) is 0 Å². The molecule has 0 aromatic carbocycles. The highest BCUT2D eigenvalue weighted by Crippen LogP contribution is 2.48. The molecular formula is C13H21NO4. The van der Waals surface area contributed by atoms with Gasteiger partial charge in [-0.05, 0) is 32.6 Å². The molecule has 5 heteroatoms. The van der Waals surface area contributed by atoms with Crippen LogP contribution in [0.15, 0.2) is 0 Å². The van der Waals surface area contributed by atoms with E-state index in [1.807, 2.05) is 13.8 Å². The molecule has 2 fully saturated rings. The van der Waals surface area contributed by atoms with Crippen LogP contribution in [-0.4, -0.2) is 47.7 Å². The minimum atomic E-state index is -0.745. The monoisotopic (exact) mass is 255 g/mol. The third kappa shape index (κ3) is 2.23. The smallest absolute Gasteiger partial charge is 0.311 e. The summed E-state index contributed by atoms with van der Waals surface area (Å²) in [7, 11) is 0. The Kier molecular flexibility index (Phi) is 3.61. The Bertz CT molecular complexity index is 355. The van der Waals surface area contributed by atoms with E-state index in [0.717, 1.165) is 12.8 Å². The fourth-order valence-corrected chi connectivity index (χ4v) is 3.16. The molecule has 0 aromatic heterocycles. The largest absolute Gasteiger partial charge is 0.481 e. The molecule has 2 rings (SSSR count). The van der Waals surface area contributed by atoms with Crippen LogP contribution in [0, 0.1) is 11.3 Å². The predicted octanol–water partition coefficient (Wildman–Crippen LogP) is 1.12. The van der Waals surface area contributed by atoms with Crippen molar-refractivity contribution in [3.05, 3.63) is 0 Å². The number of carboxylic acid groups (broad SMARTS) is 1. The Morgan fingerprint density at radius 3 is 2.78 bits per heavy atom. The van der Waals surface area contributed by atoms with Crippen molar-refractivity contribution in [2.75, 3.05) is 19.7 Å². The standard InChI is InChI=1S/C13H21NO4/c1-9(2)18-7-11(15)14-6-10-4-3-5-13(10,8-14)12(16)17/h9-10H,3-8H2,1-2H3,(H,16,17)/t10-,13+/m0/s1. The number of likely N-dealkylation sites (tertiary alicyclic amines) is 1. The number of carbonyl (C=O) groups excluding carboxylic acids is 1. The first-order valence-corrected chi connectivity index (χ1v) is 6.58. The normalized spacial score (nSPS) is 30.8. The first-order valence-electron chi connectivity index (χ1n) is 6.58. The number of nitrogens with zero attached hydrogens (tertiary/aromatic N) is 1. The van der Waals surface area contributed by atoms with Gasteiger partial charge >= 0.3 is 5.97 Å². The van der Waals surface area contributed by atoms with Crippen LogP contribution in [0.2, 0.25) is 0 Å². The van der Waals surface area contributed by atoms with Crippen LogP contribution < -0.4 is 0 Å². The average molecular weight is 255 g/mol. The van der Waals surface area contributed by atoms with Gasteiger partial charge in [0.1, 0.15) is 6.61 Å². The number of carbonyl (C=O) groups is 2. The summed E-state index contributed by atoms with van der Waals surface area (Å²) in [5.41, 5.74) is -0.687. The van der Waals surface area contributed by atoms with Crippen LogP contribution in [-0.2, 0) is 14.3 Å². The van der Waals surface area contributed by atoms with Gasteiger partial charge < -0.3 is 14.7 Å². The summed E-state index contributed by atoms with van der Waals surface area (Å²) in [6, 6.07) is 0.